The van der Waals surface area contributed by atoms with Crippen molar-refractivity contribution in [2.75, 3.05) is 6.54 Å². The van der Waals surface area contributed by atoms with Gasteiger partial charge in [0.05, 0.1) is 12.2 Å². The molecule has 110 valence electrons. The summed E-state index contributed by atoms with van der Waals surface area (Å²) in [5.74, 6) is 2.23. The maximum absolute atomic E-state index is 12.6. The Labute approximate surface area is 118 Å². The minimum Gasteiger partial charge on any atom is -0.326 e. The van der Waals surface area contributed by atoms with Crippen molar-refractivity contribution in [3.63, 3.8) is 0 Å². The summed E-state index contributed by atoms with van der Waals surface area (Å²) in [6, 6.07) is 0.0354. The zero-order valence-electron chi connectivity index (χ0n) is 13.0. The molecule has 1 amide bonds. The van der Waals surface area contributed by atoms with Crippen molar-refractivity contribution in [1.82, 2.24) is 10.2 Å². The fourth-order valence-corrected chi connectivity index (χ4v) is 3.65. The third-order valence-corrected chi connectivity index (χ3v) is 5.00. The highest BCUT2D eigenvalue weighted by Gasteiger charge is 2.41. The highest BCUT2D eigenvalue weighted by Crippen LogP contribution is 2.33. The lowest BCUT2D eigenvalue weighted by molar-refractivity contribution is -0.131. The molecule has 0 spiro atoms. The van der Waals surface area contributed by atoms with Crippen LogP contribution in [0.2, 0.25) is 0 Å². The van der Waals surface area contributed by atoms with Crippen LogP contribution >= 0.6 is 0 Å². The first-order chi connectivity index (χ1) is 9.04. The molecule has 2 fully saturated rings. The van der Waals surface area contributed by atoms with E-state index in [-0.39, 0.29) is 12.2 Å². The van der Waals surface area contributed by atoms with Gasteiger partial charge in [0.2, 0.25) is 5.91 Å². The van der Waals surface area contributed by atoms with E-state index in [0.29, 0.717) is 11.8 Å². The van der Waals surface area contributed by atoms with Gasteiger partial charge in [0.15, 0.2) is 0 Å². The van der Waals surface area contributed by atoms with Gasteiger partial charge in [0.25, 0.3) is 0 Å². The van der Waals surface area contributed by atoms with Crippen LogP contribution in [0.1, 0.15) is 59.8 Å². The van der Waals surface area contributed by atoms with Crippen LogP contribution in [0.25, 0.3) is 0 Å². The maximum atomic E-state index is 12.6. The van der Waals surface area contributed by atoms with Crippen molar-refractivity contribution in [2.45, 2.75) is 72.0 Å². The van der Waals surface area contributed by atoms with E-state index in [1.165, 1.54) is 19.3 Å². The van der Waals surface area contributed by atoms with Gasteiger partial charge in [-0.1, -0.05) is 47.0 Å². The Balaban J connectivity index is 2.04. The number of amides is 1. The van der Waals surface area contributed by atoms with Crippen molar-refractivity contribution in [3.05, 3.63) is 0 Å². The SMILES string of the molecule is CCCC1NC(C(C)C)C(=O)N1CC1CCCC1C. The Morgan fingerprint density at radius 3 is 2.63 bits per heavy atom. The Bertz CT molecular complexity index is 316. The average Bonchev–Trinajstić information content (AvgIpc) is 2.88. The molecular formula is C16H30N2O. The highest BCUT2D eigenvalue weighted by molar-refractivity contribution is 5.84. The van der Waals surface area contributed by atoms with Gasteiger partial charge < -0.3 is 4.90 Å². The summed E-state index contributed by atoms with van der Waals surface area (Å²) in [6.07, 6.45) is 6.47. The Hall–Kier alpha value is -0.570. The van der Waals surface area contributed by atoms with E-state index >= 15 is 0 Å². The molecule has 3 heteroatoms. The maximum Gasteiger partial charge on any atom is 0.241 e. The first-order valence-corrected chi connectivity index (χ1v) is 8.11. The molecule has 1 saturated carbocycles. The van der Waals surface area contributed by atoms with Crippen molar-refractivity contribution in [3.8, 4) is 0 Å². The van der Waals surface area contributed by atoms with Gasteiger partial charge in [-0.25, -0.2) is 0 Å². The molecule has 4 unspecified atom stereocenters. The van der Waals surface area contributed by atoms with E-state index in [1.807, 2.05) is 0 Å². The standard InChI is InChI=1S/C16H30N2O/c1-5-7-14-17-15(11(2)3)16(19)18(14)10-13-9-6-8-12(13)4/h11-15,17H,5-10H2,1-4H3. The van der Waals surface area contributed by atoms with Crippen LogP contribution in [0.3, 0.4) is 0 Å². The van der Waals surface area contributed by atoms with Crippen molar-refractivity contribution in [2.24, 2.45) is 17.8 Å². The predicted molar refractivity (Wildman–Crippen MR) is 78.7 cm³/mol. The Morgan fingerprint density at radius 2 is 2.11 bits per heavy atom. The molecule has 2 aliphatic rings. The summed E-state index contributed by atoms with van der Waals surface area (Å²) in [5, 5.41) is 3.56. The third-order valence-electron chi connectivity index (χ3n) is 5.00. The second-order valence-electron chi connectivity index (χ2n) is 6.85. The largest absolute Gasteiger partial charge is 0.326 e. The van der Waals surface area contributed by atoms with Crippen LogP contribution in [0.5, 0.6) is 0 Å². The molecule has 1 aliphatic heterocycles. The normalized spacial score (nSPS) is 35.6. The molecule has 0 aromatic carbocycles. The molecule has 1 saturated heterocycles. The molecule has 0 aromatic heterocycles. The number of carbonyl (C=O) groups is 1. The lowest BCUT2D eigenvalue weighted by Gasteiger charge is -2.28. The molecule has 1 aliphatic carbocycles. The molecule has 0 aromatic rings. The summed E-state index contributed by atoms with van der Waals surface area (Å²) < 4.78 is 0. The molecule has 19 heavy (non-hydrogen) atoms. The topological polar surface area (TPSA) is 32.3 Å². The van der Waals surface area contributed by atoms with E-state index in [9.17, 15) is 4.79 Å². The lowest BCUT2D eigenvalue weighted by Crippen LogP contribution is -2.40. The Kier molecular flexibility index (Phi) is 4.88. The lowest BCUT2D eigenvalue weighted by atomic mass is 9.97. The number of nitrogens with one attached hydrogen (secondary N) is 1. The summed E-state index contributed by atoms with van der Waals surface area (Å²) in [5.41, 5.74) is 0. The molecular weight excluding hydrogens is 236 g/mol. The second kappa shape index (κ2) is 6.25. The fraction of sp³-hybridized carbons (Fsp3) is 0.938. The number of hydrogen-bond acceptors (Lipinski definition) is 2. The predicted octanol–water partition coefficient (Wildman–Crippen LogP) is 3.01. The van der Waals surface area contributed by atoms with Crippen LogP contribution in [0.4, 0.5) is 0 Å². The van der Waals surface area contributed by atoms with Gasteiger partial charge in [-0.05, 0) is 30.6 Å². The molecule has 4 atom stereocenters. The van der Waals surface area contributed by atoms with Crippen LogP contribution in [-0.2, 0) is 4.79 Å². The molecule has 1 N–H and O–H groups in total. The second-order valence-corrected chi connectivity index (χ2v) is 6.85. The van der Waals surface area contributed by atoms with Gasteiger partial charge in [-0.3, -0.25) is 10.1 Å². The smallest absolute Gasteiger partial charge is 0.241 e. The average molecular weight is 266 g/mol. The van der Waals surface area contributed by atoms with Crippen molar-refractivity contribution < 1.29 is 4.79 Å². The molecule has 0 bridgehead atoms. The molecule has 0 radical (unpaired) electrons. The van der Waals surface area contributed by atoms with E-state index in [4.69, 9.17) is 0 Å². The van der Waals surface area contributed by atoms with Crippen LogP contribution in [-0.4, -0.2) is 29.6 Å². The minimum absolute atomic E-state index is 0.0354. The molecule has 1 heterocycles. The van der Waals surface area contributed by atoms with E-state index in [2.05, 4.69) is 37.9 Å². The van der Waals surface area contributed by atoms with Gasteiger partial charge in [0.1, 0.15) is 0 Å². The highest BCUT2D eigenvalue weighted by atomic mass is 16.2. The zero-order valence-corrected chi connectivity index (χ0v) is 13.0. The number of rotatable bonds is 5. The quantitative estimate of drug-likeness (QED) is 0.829. The van der Waals surface area contributed by atoms with Crippen molar-refractivity contribution in [1.29, 1.82) is 0 Å². The first-order valence-electron chi connectivity index (χ1n) is 8.11. The molecule has 3 nitrogen and oxygen atoms in total. The molecule has 2 rings (SSSR count). The van der Waals surface area contributed by atoms with E-state index in [0.717, 1.165) is 31.2 Å². The van der Waals surface area contributed by atoms with Gasteiger partial charge in [0, 0.05) is 6.54 Å². The fourth-order valence-electron chi connectivity index (χ4n) is 3.65. The van der Waals surface area contributed by atoms with Crippen molar-refractivity contribution >= 4 is 5.91 Å². The summed E-state index contributed by atoms with van der Waals surface area (Å²) in [7, 11) is 0. The van der Waals surface area contributed by atoms with Gasteiger partial charge in [-0.15, -0.1) is 0 Å². The number of carbonyl (C=O) groups excluding carboxylic acids is 1. The third kappa shape index (κ3) is 3.13. The first kappa shape index (κ1) is 14.8. The monoisotopic (exact) mass is 266 g/mol. The van der Waals surface area contributed by atoms with E-state index in [1.54, 1.807) is 0 Å². The van der Waals surface area contributed by atoms with Gasteiger partial charge >= 0.3 is 0 Å². The minimum atomic E-state index is 0.0354. The zero-order chi connectivity index (χ0) is 14.0. The van der Waals surface area contributed by atoms with Gasteiger partial charge in [-0.2, -0.15) is 0 Å². The van der Waals surface area contributed by atoms with E-state index < -0.39 is 0 Å². The van der Waals surface area contributed by atoms with Crippen LogP contribution in [0, 0.1) is 17.8 Å². The summed E-state index contributed by atoms with van der Waals surface area (Å²) in [6.45, 7) is 9.80. The summed E-state index contributed by atoms with van der Waals surface area (Å²) in [4.78, 5) is 14.7. The summed E-state index contributed by atoms with van der Waals surface area (Å²) >= 11 is 0. The Morgan fingerprint density at radius 1 is 1.37 bits per heavy atom. The number of hydrogen-bond donors (Lipinski definition) is 1. The number of nitrogens with zero attached hydrogens (tertiary/aromatic N) is 1. The van der Waals surface area contributed by atoms with Crippen LogP contribution < -0.4 is 5.32 Å². The van der Waals surface area contributed by atoms with Crippen LogP contribution in [0.15, 0.2) is 0 Å².